The molecule has 0 aliphatic heterocycles. The van der Waals surface area contributed by atoms with Gasteiger partial charge in [0, 0.05) is 15.5 Å². The van der Waals surface area contributed by atoms with Crippen LogP contribution in [0.5, 0.6) is 0 Å². The molecule has 0 spiro atoms. The SMILES string of the molecule is O=C(NCc1ccc(Br)cc1)c1c(F)cccc1Br. The number of carbonyl (C=O) groups excluding carboxylic acids is 1. The highest BCUT2D eigenvalue weighted by molar-refractivity contribution is 9.10. The molecular formula is C14H10Br2FNO. The van der Waals surface area contributed by atoms with Crippen molar-refractivity contribution in [3.05, 3.63) is 68.4 Å². The molecule has 0 saturated carbocycles. The number of nitrogens with one attached hydrogen (secondary N) is 1. The molecule has 0 bridgehead atoms. The average Bonchev–Trinajstić information content (AvgIpc) is 2.38. The maximum atomic E-state index is 13.6. The van der Waals surface area contributed by atoms with Gasteiger partial charge >= 0.3 is 0 Å². The molecular weight excluding hydrogens is 377 g/mol. The first-order valence-corrected chi connectivity index (χ1v) is 7.13. The summed E-state index contributed by atoms with van der Waals surface area (Å²) in [6.07, 6.45) is 0. The van der Waals surface area contributed by atoms with Crippen molar-refractivity contribution in [2.45, 2.75) is 6.54 Å². The van der Waals surface area contributed by atoms with Crippen LogP contribution in [0.3, 0.4) is 0 Å². The van der Waals surface area contributed by atoms with Crippen molar-refractivity contribution in [1.29, 1.82) is 0 Å². The molecule has 2 nitrogen and oxygen atoms in total. The molecule has 0 saturated heterocycles. The van der Waals surface area contributed by atoms with Crippen LogP contribution >= 0.6 is 31.9 Å². The van der Waals surface area contributed by atoms with Gasteiger partial charge in [0.15, 0.2) is 0 Å². The number of amides is 1. The van der Waals surface area contributed by atoms with Crippen molar-refractivity contribution in [3.8, 4) is 0 Å². The third kappa shape index (κ3) is 3.64. The molecule has 0 unspecified atom stereocenters. The van der Waals surface area contributed by atoms with Crippen LogP contribution < -0.4 is 5.32 Å². The van der Waals surface area contributed by atoms with Gasteiger partial charge in [-0.2, -0.15) is 0 Å². The minimum atomic E-state index is -0.539. The first kappa shape index (κ1) is 14.2. The van der Waals surface area contributed by atoms with Crippen LogP contribution in [0, 0.1) is 5.82 Å². The van der Waals surface area contributed by atoms with Crippen LogP contribution in [0.1, 0.15) is 15.9 Å². The van der Waals surface area contributed by atoms with Crippen molar-refractivity contribution in [3.63, 3.8) is 0 Å². The fourth-order valence-electron chi connectivity index (χ4n) is 1.59. The lowest BCUT2D eigenvalue weighted by molar-refractivity contribution is 0.0946. The molecule has 0 aliphatic carbocycles. The topological polar surface area (TPSA) is 29.1 Å². The zero-order chi connectivity index (χ0) is 13.8. The molecule has 2 aromatic carbocycles. The zero-order valence-corrected chi connectivity index (χ0v) is 13.0. The molecule has 0 aromatic heterocycles. The second-order valence-corrected chi connectivity index (χ2v) is 5.68. The number of carbonyl (C=O) groups is 1. The minimum absolute atomic E-state index is 0.0274. The Bertz CT molecular complexity index is 579. The fraction of sp³-hybridized carbons (Fsp3) is 0.0714. The molecule has 2 rings (SSSR count). The van der Waals surface area contributed by atoms with Gasteiger partial charge in [-0.15, -0.1) is 0 Å². The molecule has 19 heavy (non-hydrogen) atoms. The maximum Gasteiger partial charge on any atom is 0.255 e. The molecule has 1 N–H and O–H groups in total. The predicted molar refractivity (Wildman–Crippen MR) is 79.4 cm³/mol. The molecule has 0 heterocycles. The highest BCUT2D eigenvalue weighted by Gasteiger charge is 2.14. The third-order valence-electron chi connectivity index (χ3n) is 2.56. The summed E-state index contributed by atoms with van der Waals surface area (Å²) in [5, 5.41) is 2.69. The van der Waals surface area contributed by atoms with E-state index in [2.05, 4.69) is 37.2 Å². The van der Waals surface area contributed by atoms with Crippen molar-refractivity contribution < 1.29 is 9.18 Å². The van der Waals surface area contributed by atoms with E-state index in [1.54, 1.807) is 12.1 Å². The predicted octanol–water partition coefficient (Wildman–Crippen LogP) is 4.28. The first-order chi connectivity index (χ1) is 9.08. The summed E-state index contributed by atoms with van der Waals surface area (Å²) in [7, 11) is 0. The van der Waals surface area contributed by atoms with Gasteiger partial charge in [0.1, 0.15) is 5.82 Å². The molecule has 98 valence electrons. The summed E-state index contributed by atoms with van der Waals surface area (Å²) >= 11 is 6.51. The van der Waals surface area contributed by atoms with Gasteiger partial charge in [0.05, 0.1) is 5.56 Å². The Balaban J connectivity index is 2.07. The largest absolute Gasteiger partial charge is 0.348 e. The summed E-state index contributed by atoms with van der Waals surface area (Å²) in [6.45, 7) is 0.354. The molecule has 0 aliphatic rings. The number of hydrogen-bond donors (Lipinski definition) is 1. The van der Waals surface area contributed by atoms with Crippen LogP contribution in [0.4, 0.5) is 4.39 Å². The molecule has 0 fully saturated rings. The molecule has 1 amide bonds. The molecule has 2 aromatic rings. The standard InChI is InChI=1S/C14H10Br2FNO/c15-10-6-4-9(5-7-10)8-18-14(19)13-11(16)2-1-3-12(13)17/h1-7H,8H2,(H,18,19). The van der Waals surface area contributed by atoms with E-state index >= 15 is 0 Å². The van der Waals surface area contributed by atoms with Crippen LogP contribution in [0.2, 0.25) is 0 Å². The van der Waals surface area contributed by atoms with Gasteiger partial charge in [-0.05, 0) is 45.8 Å². The second-order valence-electron chi connectivity index (χ2n) is 3.91. The number of benzene rings is 2. The number of halogens is 3. The quantitative estimate of drug-likeness (QED) is 0.837. The van der Waals surface area contributed by atoms with Crippen LogP contribution in [-0.4, -0.2) is 5.91 Å². The van der Waals surface area contributed by atoms with E-state index in [4.69, 9.17) is 0 Å². The van der Waals surface area contributed by atoms with Gasteiger partial charge < -0.3 is 5.32 Å². The lowest BCUT2D eigenvalue weighted by Crippen LogP contribution is -2.24. The van der Waals surface area contributed by atoms with Gasteiger partial charge in [-0.25, -0.2) is 4.39 Å². The van der Waals surface area contributed by atoms with E-state index in [1.807, 2.05) is 24.3 Å². The van der Waals surface area contributed by atoms with Crippen LogP contribution in [0.25, 0.3) is 0 Å². The smallest absolute Gasteiger partial charge is 0.255 e. The summed E-state index contributed by atoms with van der Waals surface area (Å²) in [6, 6.07) is 12.0. The van der Waals surface area contributed by atoms with Crippen molar-refractivity contribution in [2.75, 3.05) is 0 Å². The van der Waals surface area contributed by atoms with Gasteiger partial charge in [-0.1, -0.05) is 34.1 Å². The Hall–Kier alpha value is -1.20. The molecule has 0 radical (unpaired) electrons. The number of rotatable bonds is 3. The molecule has 5 heteroatoms. The zero-order valence-electron chi connectivity index (χ0n) is 9.79. The Morgan fingerprint density at radius 1 is 1.11 bits per heavy atom. The van der Waals surface area contributed by atoms with Crippen molar-refractivity contribution in [2.24, 2.45) is 0 Å². The Morgan fingerprint density at radius 2 is 1.79 bits per heavy atom. The lowest BCUT2D eigenvalue weighted by atomic mass is 10.2. The fourth-order valence-corrected chi connectivity index (χ4v) is 2.37. The normalized spacial score (nSPS) is 10.3. The van der Waals surface area contributed by atoms with Crippen LogP contribution in [0.15, 0.2) is 51.4 Å². The summed E-state index contributed by atoms with van der Waals surface area (Å²) < 4.78 is 15.0. The minimum Gasteiger partial charge on any atom is -0.348 e. The van der Waals surface area contributed by atoms with E-state index < -0.39 is 11.7 Å². The maximum absolute atomic E-state index is 13.6. The monoisotopic (exact) mass is 385 g/mol. The molecule has 0 atom stereocenters. The Morgan fingerprint density at radius 3 is 2.42 bits per heavy atom. The van der Waals surface area contributed by atoms with Crippen LogP contribution in [-0.2, 0) is 6.54 Å². The second kappa shape index (κ2) is 6.30. The van der Waals surface area contributed by atoms with Crippen molar-refractivity contribution in [1.82, 2.24) is 5.32 Å². The van der Waals surface area contributed by atoms with E-state index in [-0.39, 0.29) is 5.56 Å². The van der Waals surface area contributed by atoms with E-state index in [0.29, 0.717) is 11.0 Å². The summed E-state index contributed by atoms with van der Waals surface area (Å²) in [5.41, 5.74) is 0.976. The first-order valence-electron chi connectivity index (χ1n) is 5.54. The lowest BCUT2D eigenvalue weighted by Gasteiger charge is -2.08. The summed E-state index contributed by atoms with van der Waals surface area (Å²) in [5.74, 6) is -0.976. The van der Waals surface area contributed by atoms with Gasteiger partial charge in [0.25, 0.3) is 5.91 Å². The van der Waals surface area contributed by atoms with Gasteiger partial charge in [-0.3, -0.25) is 4.79 Å². The number of hydrogen-bond acceptors (Lipinski definition) is 1. The van der Waals surface area contributed by atoms with E-state index in [9.17, 15) is 9.18 Å². The Labute approximate surface area is 127 Å². The van der Waals surface area contributed by atoms with Gasteiger partial charge in [0.2, 0.25) is 0 Å². The third-order valence-corrected chi connectivity index (χ3v) is 3.75. The van der Waals surface area contributed by atoms with E-state index in [1.165, 1.54) is 6.07 Å². The highest BCUT2D eigenvalue weighted by atomic mass is 79.9. The summed E-state index contributed by atoms with van der Waals surface area (Å²) in [4.78, 5) is 11.9. The average molecular weight is 387 g/mol. The Kier molecular flexibility index (Phi) is 4.71. The van der Waals surface area contributed by atoms with E-state index in [0.717, 1.165) is 10.0 Å². The van der Waals surface area contributed by atoms with Crippen molar-refractivity contribution >= 4 is 37.8 Å². The highest BCUT2D eigenvalue weighted by Crippen LogP contribution is 2.19.